The van der Waals surface area contributed by atoms with Gasteiger partial charge >= 0.3 is 0 Å². The van der Waals surface area contributed by atoms with Gasteiger partial charge in [-0.2, -0.15) is 0 Å². The fourth-order valence-corrected chi connectivity index (χ4v) is 3.17. The van der Waals surface area contributed by atoms with Crippen molar-refractivity contribution in [2.75, 3.05) is 18.2 Å². The summed E-state index contributed by atoms with van der Waals surface area (Å²) in [6.45, 7) is 2.30. The van der Waals surface area contributed by atoms with Crippen LogP contribution in [0.5, 0.6) is 11.5 Å². The number of hydrogen-bond donors (Lipinski definition) is 2. The number of aryl methyl sites for hydroxylation is 1. The molecule has 7 heteroatoms. The van der Waals surface area contributed by atoms with Crippen molar-refractivity contribution in [3.05, 3.63) is 77.9 Å². The molecule has 0 aliphatic heterocycles. The van der Waals surface area contributed by atoms with Gasteiger partial charge in [0.05, 0.1) is 18.3 Å². The van der Waals surface area contributed by atoms with Crippen LogP contribution in [0.25, 0.3) is 10.9 Å². The van der Waals surface area contributed by atoms with Crippen LogP contribution in [-0.2, 0) is 6.61 Å². The van der Waals surface area contributed by atoms with Crippen molar-refractivity contribution in [3.8, 4) is 11.5 Å². The van der Waals surface area contributed by atoms with Gasteiger partial charge in [0.15, 0.2) is 11.6 Å². The fourth-order valence-electron chi connectivity index (χ4n) is 3.17. The normalized spacial score (nSPS) is 10.8. The Kier molecular flexibility index (Phi) is 5.34. The van der Waals surface area contributed by atoms with Crippen LogP contribution in [0.15, 0.2) is 60.9 Å². The number of anilines is 3. The second kappa shape index (κ2) is 8.24. The average Bonchev–Trinajstić information content (AvgIpc) is 2.73. The Morgan fingerprint density at radius 1 is 1.03 bits per heavy atom. The maximum Gasteiger partial charge on any atom is 0.167 e. The summed E-state index contributed by atoms with van der Waals surface area (Å²) in [5.41, 5.74) is 9.79. The lowest BCUT2D eigenvalue weighted by Gasteiger charge is -2.12. The smallest absolute Gasteiger partial charge is 0.167 e. The van der Waals surface area contributed by atoms with Crippen LogP contribution in [0.2, 0.25) is 0 Å². The van der Waals surface area contributed by atoms with Crippen LogP contribution in [0.1, 0.15) is 11.1 Å². The number of aromatic nitrogens is 2. The number of methoxy groups -OCH3 is 1. The van der Waals surface area contributed by atoms with Crippen molar-refractivity contribution >= 4 is 28.1 Å². The van der Waals surface area contributed by atoms with E-state index in [9.17, 15) is 4.39 Å². The third kappa shape index (κ3) is 4.10. The molecular formula is C23H21FN4O2. The minimum Gasteiger partial charge on any atom is -0.495 e. The molecule has 0 saturated carbocycles. The van der Waals surface area contributed by atoms with Crippen LogP contribution in [0.3, 0.4) is 0 Å². The molecule has 0 saturated heterocycles. The molecule has 0 amide bonds. The van der Waals surface area contributed by atoms with Gasteiger partial charge in [-0.15, -0.1) is 0 Å². The van der Waals surface area contributed by atoms with Gasteiger partial charge in [-0.05, 0) is 30.7 Å². The molecule has 4 rings (SSSR count). The monoisotopic (exact) mass is 404 g/mol. The summed E-state index contributed by atoms with van der Waals surface area (Å²) in [5.74, 6) is 0.770. The Labute approximate surface area is 173 Å². The number of nitrogens with two attached hydrogens (primary N) is 1. The molecule has 0 bridgehead atoms. The molecule has 152 valence electrons. The molecule has 4 aromatic rings. The van der Waals surface area contributed by atoms with E-state index in [0.29, 0.717) is 40.5 Å². The number of nitrogen functional groups attached to an aromatic ring is 1. The zero-order valence-corrected chi connectivity index (χ0v) is 16.6. The van der Waals surface area contributed by atoms with Crippen molar-refractivity contribution in [1.29, 1.82) is 0 Å². The number of benzene rings is 3. The molecule has 0 aliphatic carbocycles. The van der Waals surface area contributed by atoms with E-state index in [4.69, 9.17) is 15.2 Å². The van der Waals surface area contributed by atoms with Crippen molar-refractivity contribution in [2.24, 2.45) is 0 Å². The highest BCUT2D eigenvalue weighted by Gasteiger charge is 2.11. The molecule has 0 radical (unpaired) electrons. The number of ether oxygens (including phenoxy) is 2. The third-order valence-corrected chi connectivity index (χ3v) is 4.66. The predicted molar refractivity (Wildman–Crippen MR) is 116 cm³/mol. The summed E-state index contributed by atoms with van der Waals surface area (Å²) in [6.07, 6.45) is 1.43. The molecule has 0 aliphatic rings. The highest BCUT2D eigenvalue weighted by atomic mass is 19.1. The molecular weight excluding hydrogens is 383 g/mol. The maximum atomic E-state index is 14.6. The highest BCUT2D eigenvalue weighted by Crippen LogP contribution is 2.32. The number of halogens is 1. The first-order valence-electron chi connectivity index (χ1n) is 9.36. The fraction of sp³-hybridized carbons (Fsp3) is 0.130. The molecule has 0 unspecified atom stereocenters. The Morgan fingerprint density at radius 2 is 1.90 bits per heavy atom. The van der Waals surface area contributed by atoms with E-state index in [2.05, 4.69) is 15.3 Å². The highest BCUT2D eigenvalue weighted by molar-refractivity contribution is 5.94. The Bertz CT molecular complexity index is 1210. The van der Waals surface area contributed by atoms with E-state index in [0.717, 1.165) is 11.1 Å². The summed E-state index contributed by atoms with van der Waals surface area (Å²) in [4.78, 5) is 8.51. The van der Waals surface area contributed by atoms with Crippen LogP contribution in [0, 0.1) is 12.7 Å². The molecule has 30 heavy (non-hydrogen) atoms. The molecule has 3 N–H and O–H groups in total. The van der Waals surface area contributed by atoms with Gasteiger partial charge in [0.2, 0.25) is 0 Å². The number of hydrogen-bond acceptors (Lipinski definition) is 6. The van der Waals surface area contributed by atoms with E-state index in [1.54, 1.807) is 31.4 Å². The standard InChI is InChI=1S/C23H21FN4O2/c1-14-4-3-5-15(8-14)12-30-21-7-6-16(9-18(21)24)28-23-17-10-19(25)22(29-2)11-20(17)26-13-27-23/h3-11,13H,12,25H2,1-2H3,(H,26,27,28). The number of rotatable bonds is 6. The quantitative estimate of drug-likeness (QED) is 0.441. The lowest BCUT2D eigenvalue weighted by molar-refractivity contribution is 0.290. The average molecular weight is 404 g/mol. The second-order valence-corrected chi connectivity index (χ2v) is 6.88. The number of fused-ring (bicyclic) bond motifs is 1. The van der Waals surface area contributed by atoms with Crippen molar-refractivity contribution < 1.29 is 13.9 Å². The van der Waals surface area contributed by atoms with E-state index in [1.807, 2.05) is 31.2 Å². The van der Waals surface area contributed by atoms with Crippen LogP contribution in [-0.4, -0.2) is 17.1 Å². The van der Waals surface area contributed by atoms with Gasteiger partial charge < -0.3 is 20.5 Å². The largest absolute Gasteiger partial charge is 0.495 e. The van der Waals surface area contributed by atoms with E-state index in [1.165, 1.54) is 12.4 Å². The first kappa shape index (κ1) is 19.4. The number of nitrogens with zero attached hydrogens (tertiary/aromatic N) is 2. The van der Waals surface area contributed by atoms with E-state index in [-0.39, 0.29) is 5.75 Å². The summed E-state index contributed by atoms with van der Waals surface area (Å²) in [7, 11) is 1.54. The second-order valence-electron chi connectivity index (χ2n) is 6.88. The summed E-state index contributed by atoms with van der Waals surface area (Å²) in [6, 6.07) is 16.1. The van der Waals surface area contributed by atoms with Crippen molar-refractivity contribution in [2.45, 2.75) is 13.5 Å². The molecule has 6 nitrogen and oxygen atoms in total. The summed E-state index contributed by atoms with van der Waals surface area (Å²) >= 11 is 0. The Hall–Kier alpha value is -3.87. The van der Waals surface area contributed by atoms with Crippen LogP contribution in [0.4, 0.5) is 21.6 Å². The molecule has 3 aromatic carbocycles. The van der Waals surface area contributed by atoms with E-state index < -0.39 is 5.82 Å². The SMILES string of the molecule is COc1cc2ncnc(Nc3ccc(OCc4cccc(C)c4)c(F)c3)c2cc1N. The summed E-state index contributed by atoms with van der Waals surface area (Å²) in [5, 5.41) is 3.82. The van der Waals surface area contributed by atoms with Gasteiger partial charge in [0.25, 0.3) is 0 Å². The third-order valence-electron chi connectivity index (χ3n) is 4.66. The van der Waals surface area contributed by atoms with Gasteiger partial charge in [-0.1, -0.05) is 29.8 Å². The molecule has 0 fully saturated rings. The van der Waals surface area contributed by atoms with Crippen LogP contribution < -0.4 is 20.5 Å². The number of nitrogens with one attached hydrogen (secondary N) is 1. The maximum absolute atomic E-state index is 14.6. The minimum absolute atomic E-state index is 0.184. The molecule has 1 aromatic heterocycles. The minimum atomic E-state index is -0.466. The van der Waals surface area contributed by atoms with Gasteiger partial charge in [0, 0.05) is 23.2 Å². The van der Waals surface area contributed by atoms with E-state index >= 15 is 0 Å². The van der Waals surface area contributed by atoms with Crippen molar-refractivity contribution in [1.82, 2.24) is 9.97 Å². The topological polar surface area (TPSA) is 82.3 Å². The first-order valence-corrected chi connectivity index (χ1v) is 9.36. The molecule has 0 atom stereocenters. The molecule has 0 spiro atoms. The zero-order chi connectivity index (χ0) is 21.1. The van der Waals surface area contributed by atoms with Crippen molar-refractivity contribution in [3.63, 3.8) is 0 Å². The molecule has 1 heterocycles. The predicted octanol–water partition coefficient (Wildman–Crippen LogP) is 4.99. The summed E-state index contributed by atoms with van der Waals surface area (Å²) < 4.78 is 25.4. The zero-order valence-electron chi connectivity index (χ0n) is 16.6. The Morgan fingerprint density at radius 3 is 2.67 bits per heavy atom. The lowest BCUT2D eigenvalue weighted by Crippen LogP contribution is -2.00. The lowest BCUT2D eigenvalue weighted by atomic mass is 10.1. The van der Waals surface area contributed by atoms with Crippen LogP contribution >= 0.6 is 0 Å². The van der Waals surface area contributed by atoms with Gasteiger partial charge in [-0.25, -0.2) is 14.4 Å². The van der Waals surface area contributed by atoms with Gasteiger partial charge in [0.1, 0.15) is 24.5 Å². The Balaban J connectivity index is 1.54. The first-order chi connectivity index (χ1) is 14.5. The van der Waals surface area contributed by atoms with Gasteiger partial charge in [-0.3, -0.25) is 0 Å².